The number of nitrogens with one attached hydrogen (secondary N) is 1. The van der Waals surface area contributed by atoms with E-state index in [1.165, 1.54) is 0 Å². The minimum Gasteiger partial charge on any atom is -0.313 e. The average Bonchev–Trinajstić information content (AvgIpc) is 2.09. The monoisotopic (exact) mass is 238 g/mol. The first-order valence-electron chi connectivity index (χ1n) is 3.54. The maximum absolute atomic E-state index is 10.8. The average molecular weight is 239 g/mol. The number of hydrogen-bond donors (Lipinski definition) is 1. The van der Waals surface area contributed by atoms with E-state index in [-0.39, 0.29) is 0 Å². The van der Waals surface area contributed by atoms with E-state index in [0.29, 0.717) is 5.69 Å². The normalized spacial score (nSPS) is 9.00. The standard InChI is InChI=1S/C9H7BrN2O/c1-3-9(13)12-7-4-5-8(10)11-6(7)2/h1,4-5H,2H3,(H,12,13). The molecule has 1 amide bonds. The molecule has 0 aromatic carbocycles. The molecular weight excluding hydrogens is 232 g/mol. The predicted molar refractivity (Wildman–Crippen MR) is 54.1 cm³/mol. The molecule has 1 rings (SSSR count). The van der Waals surface area contributed by atoms with Crippen LogP contribution in [0.25, 0.3) is 0 Å². The van der Waals surface area contributed by atoms with Crippen LogP contribution >= 0.6 is 15.9 Å². The highest BCUT2D eigenvalue weighted by Gasteiger charge is 2.02. The van der Waals surface area contributed by atoms with Crippen LogP contribution in [0.5, 0.6) is 0 Å². The molecule has 1 aromatic heterocycles. The molecule has 0 bridgehead atoms. The number of carbonyl (C=O) groups excluding carboxylic acids is 1. The van der Waals surface area contributed by atoms with Gasteiger partial charge < -0.3 is 5.32 Å². The molecule has 0 spiro atoms. The van der Waals surface area contributed by atoms with Gasteiger partial charge >= 0.3 is 0 Å². The fourth-order valence-electron chi connectivity index (χ4n) is 0.821. The van der Waals surface area contributed by atoms with Crippen LogP contribution in [0, 0.1) is 19.3 Å². The number of aromatic nitrogens is 1. The molecule has 0 radical (unpaired) electrons. The second-order valence-electron chi connectivity index (χ2n) is 2.37. The number of pyridine rings is 1. The van der Waals surface area contributed by atoms with Crippen molar-refractivity contribution < 1.29 is 4.79 Å². The largest absolute Gasteiger partial charge is 0.313 e. The van der Waals surface area contributed by atoms with Gasteiger partial charge in [-0.05, 0) is 40.9 Å². The molecule has 0 aliphatic heterocycles. The van der Waals surface area contributed by atoms with E-state index in [1.807, 2.05) is 5.92 Å². The first kappa shape index (κ1) is 9.75. The van der Waals surface area contributed by atoms with Gasteiger partial charge in [0, 0.05) is 0 Å². The highest BCUT2D eigenvalue weighted by molar-refractivity contribution is 9.10. The van der Waals surface area contributed by atoms with Crippen LogP contribution in [-0.2, 0) is 4.79 Å². The second kappa shape index (κ2) is 4.06. The molecule has 1 N–H and O–H groups in total. The summed E-state index contributed by atoms with van der Waals surface area (Å²) in [6.45, 7) is 1.79. The van der Waals surface area contributed by atoms with Crippen molar-refractivity contribution in [2.75, 3.05) is 5.32 Å². The summed E-state index contributed by atoms with van der Waals surface area (Å²) >= 11 is 3.22. The molecule has 4 heteroatoms. The minimum atomic E-state index is -0.466. The molecule has 0 saturated carbocycles. The van der Waals surface area contributed by atoms with E-state index in [0.717, 1.165) is 10.3 Å². The first-order valence-corrected chi connectivity index (χ1v) is 4.33. The summed E-state index contributed by atoms with van der Waals surface area (Å²) in [7, 11) is 0. The summed E-state index contributed by atoms with van der Waals surface area (Å²) in [5, 5.41) is 2.53. The summed E-state index contributed by atoms with van der Waals surface area (Å²) < 4.78 is 0.726. The van der Waals surface area contributed by atoms with Crippen molar-refractivity contribution in [1.82, 2.24) is 4.98 Å². The van der Waals surface area contributed by atoms with Crippen LogP contribution in [0.2, 0.25) is 0 Å². The van der Waals surface area contributed by atoms with Crippen molar-refractivity contribution in [2.45, 2.75) is 6.92 Å². The number of halogens is 1. The zero-order valence-corrected chi connectivity index (χ0v) is 8.55. The van der Waals surface area contributed by atoms with E-state index in [4.69, 9.17) is 6.42 Å². The summed E-state index contributed by atoms with van der Waals surface area (Å²) in [6, 6.07) is 3.47. The van der Waals surface area contributed by atoms with Gasteiger partial charge in [0.2, 0.25) is 0 Å². The van der Waals surface area contributed by atoms with Crippen molar-refractivity contribution in [3.8, 4) is 12.3 Å². The van der Waals surface area contributed by atoms with Crippen LogP contribution in [0.15, 0.2) is 16.7 Å². The van der Waals surface area contributed by atoms with Gasteiger partial charge in [-0.1, -0.05) is 0 Å². The maximum atomic E-state index is 10.8. The summed E-state index contributed by atoms with van der Waals surface area (Å²) in [4.78, 5) is 14.9. The van der Waals surface area contributed by atoms with Gasteiger partial charge in [-0.3, -0.25) is 4.79 Å². The highest BCUT2D eigenvalue weighted by atomic mass is 79.9. The quantitative estimate of drug-likeness (QED) is 0.598. The predicted octanol–water partition coefficient (Wildman–Crippen LogP) is 1.72. The van der Waals surface area contributed by atoms with E-state index in [2.05, 4.69) is 26.2 Å². The Balaban J connectivity index is 2.91. The SMILES string of the molecule is C#CC(=O)Nc1ccc(Br)nc1C. The molecule has 66 valence electrons. The molecular formula is C9H7BrN2O. The Morgan fingerprint density at radius 2 is 2.38 bits per heavy atom. The van der Waals surface area contributed by atoms with Crippen LogP contribution in [-0.4, -0.2) is 10.9 Å². The zero-order chi connectivity index (χ0) is 9.84. The Morgan fingerprint density at radius 3 is 2.92 bits per heavy atom. The van der Waals surface area contributed by atoms with E-state index in [9.17, 15) is 4.79 Å². The summed E-state index contributed by atoms with van der Waals surface area (Å²) in [5.74, 6) is 1.50. The van der Waals surface area contributed by atoms with Crippen LogP contribution in [0.1, 0.15) is 5.69 Å². The zero-order valence-electron chi connectivity index (χ0n) is 6.97. The van der Waals surface area contributed by atoms with Gasteiger partial charge in [0.05, 0.1) is 11.4 Å². The lowest BCUT2D eigenvalue weighted by atomic mass is 10.3. The summed E-state index contributed by atoms with van der Waals surface area (Å²) in [6.07, 6.45) is 4.91. The van der Waals surface area contributed by atoms with Crippen molar-refractivity contribution in [2.24, 2.45) is 0 Å². The number of amides is 1. The Hall–Kier alpha value is -1.34. The molecule has 0 unspecified atom stereocenters. The third-order valence-corrected chi connectivity index (χ3v) is 1.87. The molecule has 13 heavy (non-hydrogen) atoms. The number of terminal acetylenes is 1. The van der Waals surface area contributed by atoms with Gasteiger partial charge in [-0.25, -0.2) is 4.98 Å². The molecule has 0 saturated heterocycles. The molecule has 0 aliphatic rings. The van der Waals surface area contributed by atoms with Gasteiger partial charge in [0.25, 0.3) is 5.91 Å². The fourth-order valence-corrected chi connectivity index (χ4v) is 1.22. The van der Waals surface area contributed by atoms with Gasteiger partial charge in [0.15, 0.2) is 0 Å². The summed E-state index contributed by atoms with van der Waals surface area (Å²) in [5.41, 5.74) is 1.35. The van der Waals surface area contributed by atoms with Gasteiger partial charge in [0.1, 0.15) is 4.60 Å². The smallest absolute Gasteiger partial charge is 0.300 e. The second-order valence-corrected chi connectivity index (χ2v) is 3.18. The molecule has 3 nitrogen and oxygen atoms in total. The first-order chi connectivity index (χ1) is 6.13. The Labute approximate surface area is 84.7 Å². The highest BCUT2D eigenvalue weighted by Crippen LogP contribution is 2.15. The lowest BCUT2D eigenvalue weighted by molar-refractivity contribution is -0.111. The van der Waals surface area contributed by atoms with Gasteiger partial charge in [-0.15, -0.1) is 6.42 Å². The lowest BCUT2D eigenvalue weighted by Crippen LogP contribution is -2.09. The number of aryl methyl sites for hydroxylation is 1. The Bertz CT molecular complexity index is 382. The Kier molecular flexibility index (Phi) is 3.04. The van der Waals surface area contributed by atoms with Gasteiger partial charge in [-0.2, -0.15) is 0 Å². The topological polar surface area (TPSA) is 42.0 Å². The van der Waals surface area contributed by atoms with E-state index >= 15 is 0 Å². The van der Waals surface area contributed by atoms with Crippen LogP contribution in [0.4, 0.5) is 5.69 Å². The number of nitrogens with zero attached hydrogens (tertiary/aromatic N) is 1. The third kappa shape index (κ3) is 2.56. The van der Waals surface area contributed by atoms with Crippen molar-refractivity contribution >= 4 is 27.5 Å². The van der Waals surface area contributed by atoms with Crippen molar-refractivity contribution in [3.63, 3.8) is 0 Å². The van der Waals surface area contributed by atoms with Crippen LogP contribution < -0.4 is 5.32 Å². The Morgan fingerprint density at radius 1 is 1.69 bits per heavy atom. The number of carbonyl (C=O) groups is 1. The van der Waals surface area contributed by atoms with E-state index in [1.54, 1.807) is 19.1 Å². The molecule has 0 atom stereocenters. The minimum absolute atomic E-state index is 0.466. The third-order valence-electron chi connectivity index (χ3n) is 1.43. The van der Waals surface area contributed by atoms with Crippen LogP contribution in [0.3, 0.4) is 0 Å². The molecule has 0 fully saturated rings. The number of hydrogen-bond acceptors (Lipinski definition) is 2. The van der Waals surface area contributed by atoms with E-state index < -0.39 is 5.91 Å². The molecule has 1 heterocycles. The van der Waals surface area contributed by atoms with Crippen molar-refractivity contribution in [1.29, 1.82) is 0 Å². The molecule has 0 aliphatic carbocycles. The lowest BCUT2D eigenvalue weighted by Gasteiger charge is -2.04. The molecule has 1 aromatic rings. The fraction of sp³-hybridized carbons (Fsp3) is 0.111. The maximum Gasteiger partial charge on any atom is 0.300 e. The number of rotatable bonds is 1. The van der Waals surface area contributed by atoms with Crippen molar-refractivity contribution in [3.05, 3.63) is 22.4 Å². The number of anilines is 1.